The minimum atomic E-state index is -4.62. The van der Waals surface area contributed by atoms with Crippen LogP contribution in [0.15, 0.2) is 66.7 Å². The summed E-state index contributed by atoms with van der Waals surface area (Å²) in [6.07, 6.45) is 1.24. The monoisotopic (exact) mass is 526 g/mol. The van der Waals surface area contributed by atoms with Crippen molar-refractivity contribution in [3.05, 3.63) is 89.0 Å². The lowest BCUT2D eigenvalue weighted by Crippen LogP contribution is -2.34. The van der Waals surface area contributed by atoms with Crippen LogP contribution in [0.3, 0.4) is 0 Å². The van der Waals surface area contributed by atoms with E-state index in [1.165, 1.54) is 55.0 Å². The van der Waals surface area contributed by atoms with Crippen molar-refractivity contribution < 1.29 is 32.6 Å². The third kappa shape index (κ3) is 6.65. The molecule has 1 aliphatic rings. The molecule has 1 fully saturated rings. The number of aromatic carboxylic acids is 1. The van der Waals surface area contributed by atoms with Crippen molar-refractivity contribution in [2.45, 2.75) is 50.7 Å². The highest BCUT2D eigenvalue weighted by molar-refractivity contribution is 6.01. The quantitative estimate of drug-likeness (QED) is 0.331. The number of ether oxygens (including phenoxy) is 1. The normalized spacial score (nSPS) is 14.1. The maximum Gasteiger partial charge on any atom is 0.416 e. The van der Waals surface area contributed by atoms with E-state index >= 15 is 0 Å². The van der Waals surface area contributed by atoms with E-state index in [4.69, 9.17) is 4.74 Å². The molecule has 1 aliphatic carbocycles. The van der Waals surface area contributed by atoms with Crippen molar-refractivity contribution >= 4 is 23.4 Å². The van der Waals surface area contributed by atoms with E-state index in [1.54, 1.807) is 12.1 Å². The van der Waals surface area contributed by atoms with Crippen LogP contribution in [0.2, 0.25) is 0 Å². The van der Waals surface area contributed by atoms with E-state index in [2.05, 4.69) is 5.32 Å². The molecule has 2 N–H and O–H groups in total. The van der Waals surface area contributed by atoms with Crippen molar-refractivity contribution in [1.82, 2.24) is 0 Å². The Morgan fingerprint density at radius 1 is 0.974 bits per heavy atom. The number of carboxylic acids is 1. The van der Waals surface area contributed by atoms with Crippen molar-refractivity contribution in [2.75, 3.05) is 17.3 Å². The molecule has 0 atom stereocenters. The summed E-state index contributed by atoms with van der Waals surface area (Å²) in [5, 5.41) is 11.7. The molecule has 2 amide bonds. The molecule has 0 aliphatic heterocycles. The van der Waals surface area contributed by atoms with E-state index in [9.17, 15) is 27.9 Å². The number of methoxy groups -OCH3 is 1. The van der Waals surface area contributed by atoms with Gasteiger partial charge in [0.2, 0.25) is 0 Å². The summed E-state index contributed by atoms with van der Waals surface area (Å²) in [7, 11) is 1.25. The van der Waals surface area contributed by atoms with Crippen LogP contribution in [0.4, 0.5) is 29.3 Å². The molecule has 0 unspecified atom stereocenters. The van der Waals surface area contributed by atoms with Crippen LogP contribution in [0.1, 0.15) is 65.1 Å². The highest BCUT2D eigenvalue weighted by atomic mass is 19.4. The molecule has 0 spiro atoms. The molecule has 0 heterocycles. The standard InChI is InChI=1S/C29H29F3N2O4/c1-38-26-16-23(29(30,31)32)15-24(17-26)33-28(37)34(18-19-7-9-22(10-8-19)27(35)36)25-13-11-21(12-14-25)20-5-3-2-4-6-20/h7-17,20H,2-6,18H2,1H3,(H,33,37)(H,35,36). The fraction of sp³-hybridized carbons (Fsp3) is 0.310. The van der Waals surface area contributed by atoms with E-state index in [1.807, 2.05) is 24.3 Å². The number of alkyl halides is 3. The Bertz CT molecular complexity index is 1270. The lowest BCUT2D eigenvalue weighted by molar-refractivity contribution is -0.137. The average Bonchev–Trinajstić information content (AvgIpc) is 2.92. The summed E-state index contributed by atoms with van der Waals surface area (Å²) in [5.41, 5.74) is 1.51. The van der Waals surface area contributed by atoms with Crippen molar-refractivity contribution in [1.29, 1.82) is 0 Å². The van der Waals surface area contributed by atoms with Crippen LogP contribution in [-0.2, 0) is 12.7 Å². The Balaban J connectivity index is 1.63. The number of hydrogen-bond donors (Lipinski definition) is 2. The lowest BCUT2D eigenvalue weighted by Gasteiger charge is -2.26. The number of carboxylic acid groups (broad SMARTS) is 1. The number of amides is 2. The maximum absolute atomic E-state index is 13.4. The second-order valence-electron chi connectivity index (χ2n) is 9.39. The SMILES string of the molecule is COc1cc(NC(=O)N(Cc2ccc(C(=O)O)cc2)c2ccc(C3CCCCC3)cc2)cc(C(F)(F)F)c1. The van der Waals surface area contributed by atoms with Gasteiger partial charge in [-0.15, -0.1) is 0 Å². The molecule has 38 heavy (non-hydrogen) atoms. The van der Waals surface area contributed by atoms with Gasteiger partial charge in [0.1, 0.15) is 5.75 Å². The first-order valence-corrected chi connectivity index (χ1v) is 12.4. The van der Waals surface area contributed by atoms with Crippen LogP contribution in [0, 0.1) is 0 Å². The number of benzene rings is 3. The number of rotatable bonds is 7. The molecule has 9 heteroatoms. The first-order valence-electron chi connectivity index (χ1n) is 12.4. The molecule has 0 radical (unpaired) electrons. The van der Waals surface area contributed by atoms with Gasteiger partial charge in [-0.1, -0.05) is 43.5 Å². The van der Waals surface area contributed by atoms with Crippen LogP contribution in [-0.4, -0.2) is 24.2 Å². The Kier molecular flexibility index (Phi) is 8.24. The van der Waals surface area contributed by atoms with Gasteiger partial charge in [-0.3, -0.25) is 4.90 Å². The van der Waals surface area contributed by atoms with Crippen LogP contribution in [0.25, 0.3) is 0 Å². The second-order valence-corrected chi connectivity index (χ2v) is 9.39. The van der Waals surface area contributed by atoms with Crippen LogP contribution >= 0.6 is 0 Å². The zero-order chi connectivity index (χ0) is 27.3. The van der Waals surface area contributed by atoms with E-state index in [0.29, 0.717) is 17.2 Å². The smallest absolute Gasteiger partial charge is 0.416 e. The minimum absolute atomic E-state index is 0.0391. The first kappa shape index (κ1) is 27.0. The first-order chi connectivity index (χ1) is 18.1. The number of nitrogens with one attached hydrogen (secondary N) is 1. The molecule has 200 valence electrons. The number of hydrogen-bond acceptors (Lipinski definition) is 3. The topological polar surface area (TPSA) is 78.9 Å². The number of urea groups is 1. The fourth-order valence-corrected chi connectivity index (χ4v) is 4.72. The van der Waals surface area contributed by atoms with E-state index in [0.717, 1.165) is 25.0 Å². The van der Waals surface area contributed by atoms with Gasteiger partial charge in [-0.05, 0) is 66.3 Å². The Morgan fingerprint density at radius 3 is 2.21 bits per heavy atom. The molecule has 0 saturated heterocycles. The van der Waals surface area contributed by atoms with Gasteiger partial charge < -0.3 is 15.2 Å². The zero-order valence-corrected chi connectivity index (χ0v) is 20.9. The number of carbonyl (C=O) groups is 2. The van der Waals surface area contributed by atoms with Gasteiger partial charge in [0.05, 0.1) is 24.8 Å². The number of nitrogens with zero attached hydrogens (tertiary/aromatic N) is 1. The van der Waals surface area contributed by atoms with Gasteiger partial charge in [0.15, 0.2) is 0 Å². The van der Waals surface area contributed by atoms with Crippen LogP contribution in [0.5, 0.6) is 5.75 Å². The Hall–Kier alpha value is -4.01. The molecular formula is C29H29F3N2O4. The van der Waals surface area contributed by atoms with Gasteiger partial charge in [0, 0.05) is 17.4 Å². The summed E-state index contributed by atoms with van der Waals surface area (Å²) in [5.74, 6) is -0.632. The second kappa shape index (κ2) is 11.6. The molecule has 1 saturated carbocycles. The van der Waals surface area contributed by atoms with Crippen LogP contribution < -0.4 is 15.0 Å². The number of carbonyl (C=O) groups excluding carboxylic acids is 1. The molecular weight excluding hydrogens is 497 g/mol. The van der Waals surface area contributed by atoms with Gasteiger partial charge in [0.25, 0.3) is 0 Å². The molecule has 3 aromatic carbocycles. The van der Waals surface area contributed by atoms with Gasteiger partial charge >= 0.3 is 18.2 Å². The third-order valence-corrected chi connectivity index (χ3v) is 6.79. The summed E-state index contributed by atoms with van der Waals surface area (Å²) in [6, 6.07) is 16.1. The zero-order valence-electron chi connectivity index (χ0n) is 20.9. The Morgan fingerprint density at radius 2 is 1.63 bits per heavy atom. The summed E-state index contributed by atoms with van der Waals surface area (Å²) >= 11 is 0. The molecule has 0 aromatic heterocycles. The largest absolute Gasteiger partial charge is 0.497 e. The number of halogens is 3. The molecule has 0 bridgehead atoms. The van der Waals surface area contributed by atoms with Gasteiger partial charge in [-0.25, -0.2) is 9.59 Å². The molecule has 4 rings (SSSR count). The Labute approximate surface area is 219 Å². The maximum atomic E-state index is 13.4. The minimum Gasteiger partial charge on any atom is -0.497 e. The number of anilines is 2. The lowest BCUT2D eigenvalue weighted by atomic mass is 9.84. The summed E-state index contributed by atoms with van der Waals surface area (Å²) in [4.78, 5) is 26.1. The van der Waals surface area contributed by atoms with Crippen molar-refractivity contribution in [3.63, 3.8) is 0 Å². The summed E-state index contributed by atoms with van der Waals surface area (Å²) in [6.45, 7) is 0.0740. The molecule has 3 aromatic rings. The predicted molar refractivity (Wildman–Crippen MR) is 139 cm³/mol. The summed E-state index contributed by atoms with van der Waals surface area (Å²) < 4.78 is 45.2. The van der Waals surface area contributed by atoms with Crippen molar-refractivity contribution in [3.8, 4) is 5.75 Å². The molecule has 6 nitrogen and oxygen atoms in total. The van der Waals surface area contributed by atoms with E-state index in [-0.39, 0.29) is 23.5 Å². The third-order valence-electron chi connectivity index (χ3n) is 6.79. The van der Waals surface area contributed by atoms with E-state index < -0.39 is 23.7 Å². The fourth-order valence-electron chi connectivity index (χ4n) is 4.72. The highest BCUT2D eigenvalue weighted by Gasteiger charge is 2.32. The average molecular weight is 527 g/mol. The van der Waals surface area contributed by atoms with Gasteiger partial charge in [-0.2, -0.15) is 13.2 Å². The highest BCUT2D eigenvalue weighted by Crippen LogP contribution is 2.35. The predicted octanol–water partition coefficient (Wildman–Crippen LogP) is 7.70. The van der Waals surface area contributed by atoms with Crippen molar-refractivity contribution in [2.24, 2.45) is 0 Å².